The average Bonchev–Trinajstić information content (AvgIpc) is 1.36. The van der Waals surface area contributed by atoms with Crippen LogP contribution in [0.15, 0.2) is 0 Å². The van der Waals surface area contributed by atoms with E-state index in [0.29, 0.717) is 0 Å². The minimum absolute atomic E-state index is 0.565. The fourth-order valence-corrected chi connectivity index (χ4v) is 0. The van der Waals surface area contributed by atoms with Crippen molar-refractivity contribution < 1.29 is 5.11 Å². The molecule has 0 heterocycles. The summed E-state index contributed by atoms with van der Waals surface area (Å²) in [7, 11) is 3.52. The van der Waals surface area contributed by atoms with Gasteiger partial charge in [-0.05, 0) is 21.0 Å². The van der Waals surface area contributed by atoms with Crippen molar-refractivity contribution in [2.24, 2.45) is 0 Å². The Morgan fingerprint density at radius 1 is 1.67 bits per heavy atom. The summed E-state index contributed by atoms with van der Waals surface area (Å²) in [5.41, 5.74) is 0. The van der Waals surface area contributed by atoms with Gasteiger partial charge in [0.25, 0.3) is 0 Å². The maximum atomic E-state index is 8.44. The van der Waals surface area contributed by atoms with E-state index in [-0.39, 0.29) is 0 Å². The monoisotopic (exact) mass is 88.1 g/mol. The van der Waals surface area contributed by atoms with Gasteiger partial charge >= 0.3 is 0 Å². The van der Waals surface area contributed by atoms with Gasteiger partial charge in [-0.1, -0.05) is 0 Å². The quantitative estimate of drug-likeness (QED) is 0.445. The molecule has 0 aliphatic carbocycles. The highest BCUT2D eigenvalue weighted by Crippen LogP contribution is 1.78. The van der Waals surface area contributed by atoms with Crippen molar-refractivity contribution in [1.82, 2.24) is 4.90 Å². The second kappa shape index (κ2) is 2.16. The summed E-state index contributed by atoms with van der Waals surface area (Å²) in [6, 6.07) is 0. The van der Waals surface area contributed by atoms with Gasteiger partial charge in [-0.15, -0.1) is 0 Å². The van der Waals surface area contributed by atoms with E-state index in [9.17, 15) is 0 Å². The number of hydrogen-bond acceptors (Lipinski definition) is 2. The van der Waals surface area contributed by atoms with Crippen molar-refractivity contribution in [1.29, 1.82) is 0 Å². The first-order valence-electron chi connectivity index (χ1n) is 1.82. The molecule has 1 atom stereocenters. The van der Waals surface area contributed by atoms with Crippen LogP contribution in [0.1, 0.15) is 0 Å². The van der Waals surface area contributed by atoms with Crippen molar-refractivity contribution in [3.05, 3.63) is 6.92 Å². The Labute approximate surface area is 38.4 Å². The lowest BCUT2D eigenvalue weighted by Gasteiger charge is -2.10. The van der Waals surface area contributed by atoms with E-state index in [1.54, 1.807) is 19.0 Å². The molecule has 2 nitrogen and oxygen atoms in total. The van der Waals surface area contributed by atoms with E-state index in [1.165, 1.54) is 0 Å². The first-order valence-corrected chi connectivity index (χ1v) is 1.82. The van der Waals surface area contributed by atoms with Crippen LogP contribution in [0.4, 0.5) is 0 Å². The molecule has 1 unspecified atom stereocenters. The van der Waals surface area contributed by atoms with Crippen molar-refractivity contribution in [3.63, 3.8) is 0 Å². The van der Waals surface area contributed by atoms with Gasteiger partial charge in [0.1, 0.15) is 6.23 Å². The highest BCUT2D eigenvalue weighted by molar-refractivity contribution is 4.49. The standard InChI is InChI=1S/C4H10NO/c1-4(6)5(2)3/h4,6H,1H2,2-3H3. The molecule has 0 fully saturated rings. The Kier molecular flexibility index (Phi) is 2.13. The zero-order chi connectivity index (χ0) is 5.15. The lowest BCUT2D eigenvalue weighted by molar-refractivity contribution is 0.0811. The number of aliphatic hydroxyl groups excluding tert-OH is 1. The Hall–Kier alpha value is -0.0800. The molecule has 0 aliphatic heterocycles. The van der Waals surface area contributed by atoms with Crippen molar-refractivity contribution in [2.75, 3.05) is 14.1 Å². The highest BCUT2D eigenvalue weighted by atomic mass is 16.3. The van der Waals surface area contributed by atoms with E-state index in [1.807, 2.05) is 0 Å². The molecule has 0 aliphatic rings. The van der Waals surface area contributed by atoms with Crippen LogP contribution in [0.3, 0.4) is 0 Å². The van der Waals surface area contributed by atoms with E-state index < -0.39 is 6.23 Å². The summed E-state index contributed by atoms with van der Waals surface area (Å²) in [5.74, 6) is 0. The predicted molar refractivity (Wildman–Crippen MR) is 25.1 cm³/mol. The molecule has 0 rings (SSSR count). The van der Waals surface area contributed by atoms with Crippen LogP contribution in [0, 0.1) is 6.92 Å². The van der Waals surface area contributed by atoms with Gasteiger partial charge in [-0.2, -0.15) is 0 Å². The summed E-state index contributed by atoms with van der Waals surface area (Å²) in [6.07, 6.45) is -0.565. The molecule has 0 saturated heterocycles. The zero-order valence-electron chi connectivity index (χ0n) is 4.18. The number of rotatable bonds is 1. The minimum Gasteiger partial charge on any atom is -0.378 e. The van der Waals surface area contributed by atoms with E-state index in [4.69, 9.17) is 5.11 Å². The molecule has 37 valence electrons. The molecule has 0 amide bonds. The Bertz CT molecular complexity index is 28.5. The topological polar surface area (TPSA) is 23.5 Å². The van der Waals surface area contributed by atoms with E-state index >= 15 is 0 Å². The minimum atomic E-state index is -0.565. The van der Waals surface area contributed by atoms with Crippen LogP contribution in [0.2, 0.25) is 0 Å². The van der Waals surface area contributed by atoms with Crippen molar-refractivity contribution >= 4 is 0 Å². The molecule has 2 heteroatoms. The molecule has 6 heavy (non-hydrogen) atoms. The lowest BCUT2D eigenvalue weighted by Crippen LogP contribution is -2.23. The summed E-state index contributed by atoms with van der Waals surface area (Å²) >= 11 is 0. The van der Waals surface area contributed by atoms with Gasteiger partial charge < -0.3 is 5.11 Å². The van der Waals surface area contributed by atoms with Gasteiger partial charge in [0.15, 0.2) is 0 Å². The zero-order valence-corrected chi connectivity index (χ0v) is 4.18. The smallest absolute Gasteiger partial charge is 0.107 e. The average molecular weight is 88.1 g/mol. The van der Waals surface area contributed by atoms with Gasteiger partial charge in [0.2, 0.25) is 0 Å². The first-order chi connectivity index (χ1) is 2.64. The molecule has 0 aromatic heterocycles. The van der Waals surface area contributed by atoms with Gasteiger partial charge in [0.05, 0.1) is 0 Å². The van der Waals surface area contributed by atoms with Crippen molar-refractivity contribution in [3.8, 4) is 0 Å². The SMILES string of the molecule is [CH2]C(O)N(C)C. The summed E-state index contributed by atoms with van der Waals surface area (Å²) in [5, 5.41) is 8.44. The fourth-order valence-electron chi connectivity index (χ4n) is 0. The van der Waals surface area contributed by atoms with Gasteiger partial charge in [-0.3, -0.25) is 4.90 Å². The van der Waals surface area contributed by atoms with Gasteiger partial charge in [0, 0.05) is 0 Å². The van der Waals surface area contributed by atoms with Crippen LogP contribution >= 0.6 is 0 Å². The molecular weight excluding hydrogens is 78.0 g/mol. The second-order valence-corrected chi connectivity index (χ2v) is 1.44. The summed E-state index contributed by atoms with van der Waals surface area (Å²) in [6.45, 7) is 3.32. The van der Waals surface area contributed by atoms with Crippen LogP contribution in [-0.4, -0.2) is 30.3 Å². The Morgan fingerprint density at radius 3 is 1.83 bits per heavy atom. The molecule has 1 radical (unpaired) electrons. The number of nitrogens with zero attached hydrogens (tertiary/aromatic N) is 1. The molecule has 0 saturated carbocycles. The summed E-state index contributed by atoms with van der Waals surface area (Å²) in [4.78, 5) is 1.61. The maximum Gasteiger partial charge on any atom is 0.107 e. The highest BCUT2D eigenvalue weighted by Gasteiger charge is 1.92. The predicted octanol–water partition coefficient (Wildman–Crippen LogP) is -0.300. The first kappa shape index (κ1) is 5.92. The summed E-state index contributed by atoms with van der Waals surface area (Å²) < 4.78 is 0. The van der Waals surface area contributed by atoms with Crippen molar-refractivity contribution in [2.45, 2.75) is 6.23 Å². The third-order valence-electron chi connectivity index (χ3n) is 0.596. The Morgan fingerprint density at radius 2 is 1.83 bits per heavy atom. The van der Waals surface area contributed by atoms with E-state index in [0.717, 1.165) is 0 Å². The molecule has 0 aromatic rings. The lowest BCUT2D eigenvalue weighted by atomic mass is 10.6. The number of hydrogen-bond donors (Lipinski definition) is 1. The van der Waals surface area contributed by atoms with Gasteiger partial charge in [-0.25, -0.2) is 0 Å². The fraction of sp³-hybridized carbons (Fsp3) is 0.750. The van der Waals surface area contributed by atoms with Crippen LogP contribution in [0.5, 0.6) is 0 Å². The molecule has 0 bridgehead atoms. The Balaban J connectivity index is 2.99. The third kappa shape index (κ3) is 2.18. The number of aliphatic hydroxyl groups is 1. The third-order valence-corrected chi connectivity index (χ3v) is 0.596. The maximum absolute atomic E-state index is 8.44. The van der Waals surface area contributed by atoms with Crippen LogP contribution in [-0.2, 0) is 0 Å². The largest absolute Gasteiger partial charge is 0.378 e. The van der Waals surface area contributed by atoms with Crippen LogP contribution < -0.4 is 0 Å². The molecule has 0 spiro atoms. The molecule has 1 N–H and O–H groups in total. The molecular formula is C4H10NO. The van der Waals surface area contributed by atoms with Crippen LogP contribution in [0.25, 0.3) is 0 Å². The molecule has 0 aromatic carbocycles. The normalized spacial score (nSPS) is 15.5. The second-order valence-electron chi connectivity index (χ2n) is 1.44. The van der Waals surface area contributed by atoms with E-state index in [2.05, 4.69) is 6.92 Å².